The van der Waals surface area contributed by atoms with Crippen LogP contribution in [0.4, 0.5) is 0 Å². The molecule has 0 spiro atoms. The van der Waals surface area contributed by atoms with Gasteiger partial charge in [0.15, 0.2) is 0 Å². The highest BCUT2D eigenvalue weighted by Gasteiger charge is 2.03. The highest BCUT2D eigenvalue weighted by Crippen LogP contribution is 2.00. The van der Waals surface area contributed by atoms with Crippen LogP contribution in [-0.2, 0) is 24.1 Å². The molecular weight excluding hydrogens is 316 g/mol. The van der Waals surface area contributed by atoms with Crippen molar-refractivity contribution in [2.45, 2.75) is 34.1 Å². The van der Waals surface area contributed by atoms with Gasteiger partial charge in [-0.25, -0.2) is 4.18 Å². The summed E-state index contributed by atoms with van der Waals surface area (Å²) < 4.78 is 41.5. The van der Waals surface area contributed by atoms with Crippen molar-refractivity contribution in [3.05, 3.63) is 0 Å². The molecule has 0 aliphatic carbocycles. The number of hydrogen-bond donors (Lipinski definition) is 3. The molecule has 0 aromatic carbocycles. The van der Waals surface area contributed by atoms with E-state index >= 15 is 0 Å². The molecular formula is C13H32O8S. The van der Waals surface area contributed by atoms with Crippen molar-refractivity contribution in [1.82, 2.24) is 0 Å². The average molecular weight is 348 g/mol. The van der Waals surface area contributed by atoms with Gasteiger partial charge in [-0.1, -0.05) is 13.8 Å². The summed E-state index contributed by atoms with van der Waals surface area (Å²) in [5, 5.41) is 16.2. The zero-order chi connectivity index (χ0) is 17.9. The van der Waals surface area contributed by atoms with Crippen molar-refractivity contribution in [2.75, 3.05) is 46.2 Å². The van der Waals surface area contributed by atoms with Gasteiger partial charge in [-0.05, 0) is 26.2 Å². The third-order valence-electron chi connectivity index (χ3n) is 1.81. The second-order valence-electron chi connectivity index (χ2n) is 4.27. The predicted octanol–water partition coefficient (Wildman–Crippen LogP) is 0.882. The van der Waals surface area contributed by atoms with Gasteiger partial charge in [-0.3, -0.25) is 4.55 Å². The summed E-state index contributed by atoms with van der Waals surface area (Å²) in [6.07, 6.45) is 0.625. The summed E-state index contributed by atoms with van der Waals surface area (Å²) >= 11 is 0. The minimum absolute atomic E-state index is 0.0278. The van der Waals surface area contributed by atoms with Crippen molar-refractivity contribution in [2.24, 2.45) is 5.92 Å². The quantitative estimate of drug-likeness (QED) is 0.393. The lowest BCUT2D eigenvalue weighted by molar-refractivity contribution is 0.0650. The Bertz CT molecular complexity index is 274. The molecule has 0 heterocycles. The molecule has 8 nitrogen and oxygen atoms in total. The zero-order valence-corrected chi connectivity index (χ0v) is 14.8. The first-order valence-corrected chi connectivity index (χ1v) is 8.60. The molecule has 0 aromatic heterocycles. The molecule has 0 unspecified atom stereocenters. The normalized spacial score (nSPS) is 10.5. The van der Waals surface area contributed by atoms with Crippen LogP contribution in [0, 0.1) is 5.92 Å². The van der Waals surface area contributed by atoms with E-state index < -0.39 is 10.4 Å². The Morgan fingerprint density at radius 3 is 1.59 bits per heavy atom. The monoisotopic (exact) mass is 348 g/mol. The lowest BCUT2D eigenvalue weighted by Gasteiger charge is -2.01. The van der Waals surface area contributed by atoms with E-state index in [2.05, 4.69) is 8.92 Å². The third-order valence-corrected chi connectivity index (χ3v) is 2.27. The van der Waals surface area contributed by atoms with E-state index in [0.717, 1.165) is 13.2 Å². The average Bonchev–Trinajstić information content (AvgIpc) is 2.40. The van der Waals surface area contributed by atoms with E-state index in [1.54, 1.807) is 0 Å². The minimum atomic E-state index is -4.22. The van der Waals surface area contributed by atoms with Crippen LogP contribution in [0.5, 0.6) is 0 Å². The minimum Gasteiger partial charge on any atom is -0.394 e. The molecule has 0 aromatic rings. The largest absolute Gasteiger partial charge is 0.397 e. The van der Waals surface area contributed by atoms with Crippen molar-refractivity contribution in [3.8, 4) is 0 Å². The summed E-state index contributed by atoms with van der Waals surface area (Å²) in [6, 6.07) is 0. The second-order valence-corrected chi connectivity index (χ2v) is 5.36. The molecule has 22 heavy (non-hydrogen) atoms. The lowest BCUT2D eigenvalue weighted by Crippen LogP contribution is -2.06. The van der Waals surface area contributed by atoms with E-state index in [1.807, 2.05) is 27.7 Å². The van der Waals surface area contributed by atoms with E-state index in [9.17, 15) is 8.42 Å². The van der Waals surface area contributed by atoms with Gasteiger partial charge >= 0.3 is 10.4 Å². The summed E-state index contributed by atoms with van der Waals surface area (Å²) in [7, 11) is -4.22. The standard InChI is InChI=1S/C5H12O4S.C4H10O3.C4H10O/c1-5(2)3-4-9-10(6,7)8;5-1-3-7-4-2-6;1-3-5-4-2/h5H,3-4H2,1-2H3,(H,6,7,8);5-6H,1-4H2;3-4H2,1-2H3. The molecule has 0 fully saturated rings. The molecule has 0 amide bonds. The molecule has 0 atom stereocenters. The maximum absolute atomic E-state index is 9.95. The fraction of sp³-hybridized carbons (Fsp3) is 1.00. The maximum Gasteiger partial charge on any atom is 0.397 e. The Morgan fingerprint density at radius 2 is 1.36 bits per heavy atom. The second kappa shape index (κ2) is 20.7. The van der Waals surface area contributed by atoms with Crippen LogP contribution in [-0.4, -0.2) is 69.4 Å². The topological polar surface area (TPSA) is 123 Å². The van der Waals surface area contributed by atoms with Gasteiger partial charge in [0.25, 0.3) is 0 Å². The van der Waals surface area contributed by atoms with Gasteiger partial charge in [-0.2, -0.15) is 8.42 Å². The van der Waals surface area contributed by atoms with Crippen molar-refractivity contribution >= 4 is 10.4 Å². The molecule has 138 valence electrons. The number of rotatable bonds is 10. The van der Waals surface area contributed by atoms with Gasteiger partial charge in [0.05, 0.1) is 33.0 Å². The molecule has 3 N–H and O–H groups in total. The van der Waals surface area contributed by atoms with Crippen molar-refractivity contribution in [3.63, 3.8) is 0 Å². The Kier molecular flexibility index (Phi) is 25.0. The van der Waals surface area contributed by atoms with Crippen LogP contribution >= 0.6 is 0 Å². The molecule has 9 heteroatoms. The number of aliphatic hydroxyl groups excluding tert-OH is 2. The summed E-state index contributed by atoms with van der Waals surface area (Å²) in [5.74, 6) is 0.377. The van der Waals surface area contributed by atoms with Crippen LogP contribution in [0.25, 0.3) is 0 Å². The van der Waals surface area contributed by atoms with E-state index in [-0.39, 0.29) is 19.8 Å². The van der Waals surface area contributed by atoms with E-state index in [4.69, 9.17) is 19.5 Å². The Labute approximate surface area is 134 Å². The van der Waals surface area contributed by atoms with Gasteiger partial charge in [0.1, 0.15) is 0 Å². The molecule has 0 bridgehead atoms. The fourth-order valence-corrected chi connectivity index (χ4v) is 1.13. The molecule has 0 radical (unpaired) electrons. The summed E-state index contributed by atoms with van der Waals surface area (Å²) in [5.41, 5.74) is 0. The van der Waals surface area contributed by atoms with Crippen LogP contribution in [0.1, 0.15) is 34.1 Å². The van der Waals surface area contributed by atoms with Crippen molar-refractivity contribution in [1.29, 1.82) is 0 Å². The number of ether oxygens (including phenoxy) is 2. The van der Waals surface area contributed by atoms with Crippen LogP contribution in [0.15, 0.2) is 0 Å². The SMILES string of the molecule is CC(C)CCOS(=O)(=O)O.CCOCC.OCCOCCO. The molecule has 0 aliphatic heterocycles. The Balaban J connectivity index is -0.000000263. The highest BCUT2D eigenvalue weighted by atomic mass is 32.3. The van der Waals surface area contributed by atoms with E-state index in [1.165, 1.54) is 0 Å². The first kappa shape index (κ1) is 26.6. The van der Waals surface area contributed by atoms with Crippen molar-refractivity contribution < 1.29 is 36.8 Å². The summed E-state index contributed by atoms with van der Waals surface area (Å²) in [4.78, 5) is 0. The molecule has 0 saturated carbocycles. The van der Waals surface area contributed by atoms with Crippen LogP contribution in [0.2, 0.25) is 0 Å². The maximum atomic E-state index is 9.95. The first-order valence-electron chi connectivity index (χ1n) is 7.24. The summed E-state index contributed by atoms with van der Waals surface area (Å²) in [6.45, 7) is 10.3. The predicted molar refractivity (Wildman–Crippen MR) is 84.1 cm³/mol. The lowest BCUT2D eigenvalue weighted by atomic mass is 10.2. The smallest absolute Gasteiger partial charge is 0.394 e. The molecule has 0 aliphatic rings. The number of hydrogen-bond acceptors (Lipinski definition) is 7. The Hall–Kier alpha value is -0.290. The van der Waals surface area contributed by atoms with Gasteiger partial charge < -0.3 is 19.7 Å². The van der Waals surface area contributed by atoms with Gasteiger partial charge in [0, 0.05) is 13.2 Å². The fourth-order valence-electron chi connectivity index (χ4n) is 0.824. The first-order chi connectivity index (χ1) is 10.2. The molecule has 0 saturated heterocycles. The molecule has 0 rings (SSSR count). The Morgan fingerprint density at radius 1 is 0.909 bits per heavy atom. The highest BCUT2D eigenvalue weighted by molar-refractivity contribution is 7.80. The zero-order valence-electron chi connectivity index (χ0n) is 14.0. The van der Waals surface area contributed by atoms with Crippen LogP contribution in [0.3, 0.4) is 0 Å². The van der Waals surface area contributed by atoms with Gasteiger partial charge in [-0.15, -0.1) is 0 Å². The number of aliphatic hydroxyl groups is 2. The van der Waals surface area contributed by atoms with Crippen LogP contribution < -0.4 is 0 Å². The van der Waals surface area contributed by atoms with E-state index in [0.29, 0.717) is 25.6 Å². The van der Waals surface area contributed by atoms with Gasteiger partial charge in [0.2, 0.25) is 0 Å². The third kappa shape index (κ3) is 42.7.